The second-order valence-corrected chi connectivity index (χ2v) is 3.43. The number of nitrogens with two attached hydrogens (primary N) is 1. The Bertz CT molecular complexity index is 371. The van der Waals surface area contributed by atoms with Gasteiger partial charge in [-0.05, 0) is 19.1 Å². The van der Waals surface area contributed by atoms with Crippen LogP contribution in [0.4, 0.5) is 4.39 Å². The second-order valence-electron chi connectivity index (χ2n) is 3.43. The smallest absolute Gasteiger partial charge is 0.323 e. The summed E-state index contributed by atoms with van der Waals surface area (Å²) in [5.74, 6) is -0.745. The molecule has 0 amide bonds. The highest BCUT2D eigenvalue weighted by atomic mass is 19.1. The zero-order valence-electron chi connectivity index (χ0n) is 9.69. The molecule has 1 unspecified atom stereocenters. The van der Waals surface area contributed by atoms with Gasteiger partial charge in [-0.2, -0.15) is 0 Å². The van der Waals surface area contributed by atoms with Crippen molar-refractivity contribution in [2.45, 2.75) is 19.4 Å². The van der Waals surface area contributed by atoms with Gasteiger partial charge in [-0.25, -0.2) is 4.39 Å². The molecule has 4 nitrogen and oxygen atoms in total. The van der Waals surface area contributed by atoms with Crippen molar-refractivity contribution in [1.82, 2.24) is 0 Å². The summed E-state index contributed by atoms with van der Waals surface area (Å²) in [7, 11) is 0. The van der Waals surface area contributed by atoms with Crippen molar-refractivity contribution in [3.05, 3.63) is 30.1 Å². The minimum absolute atomic E-state index is 0.156. The van der Waals surface area contributed by atoms with Gasteiger partial charge in [-0.15, -0.1) is 0 Å². The standard InChI is InChI=1S/C12H16FNO3/c1-2-16-12(15)10(14)7-8-17-11-6-4-3-5-9(11)13/h3-6,10H,2,7-8,14H2,1H3. The first-order chi connectivity index (χ1) is 8.15. The molecule has 1 aromatic carbocycles. The molecule has 0 saturated carbocycles. The fourth-order valence-corrected chi connectivity index (χ4v) is 1.22. The Labute approximate surface area is 99.5 Å². The van der Waals surface area contributed by atoms with Crippen molar-refractivity contribution in [1.29, 1.82) is 0 Å². The summed E-state index contributed by atoms with van der Waals surface area (Å²) in [4.78, 5) is 11.2. The van der Waals surface area contributed by atoms with E-state index in [0.29, 0.717) is 6.61 Å². The lowest BCUT2D eigenvalue weighted by Gasteiger charge is -2.11. The van der Waals surface area contributed by atoms with Crippen molar-refractivity contribution >= 4 is 5.97 Å². The number of benzene rings is 1. The summed E-state index contributed by atoms with van der Waals surface area (Å²) >= 11 is 0. The van der Waals surface area contributed by atoms with Gasteiger partial charge in [0.2, 0.25) is 0 Å². The summed E-state index contributed by atoms with van der Waals surface area (Å²) in [6.45, 7) is 2.17. The summed E-state index contributed by atoms with van der Waals surface area (Å²) < 4.78 is 23.1. The molecular weight excluding hydrogens is 225 g/mol. The van der Waals surface area contributed by atoms with E-state index in [1.165, 1.54) is 12.1 Å². The maximum absolute atomic E-state index is 13.1. The average molecular weight is 241 g/mol. The van der Waals surface area contributed by atoms with Crippen molar-refractivity contribution < 1.29 is 18.7 Å². The highest BCUT2D eigenvalue weighted by Gasteiger charge is 2.14. The molecule has 5 heteroatoms. The number of carbonyl (C=O) groups excluding carboxylic acids is 1. The highest BCUT2D eigenvalue weighted by molar-refractivity contribution is 5.75. The van der Waals surface area contributed by atoms with E-state index in [2.05, 4.69) is 0 Å². The Hall–Kier alpha value is -1.62. The first-order valence-corrected chi connectivity index (χ1v) is 5.44. The monoisotopic (exact) mass is 241 g/mol. The molecule has 17 heavy (non-hydrogen) atoms. The normalized spacial score (nSPS) is 11.9. The van der Waals surface area contributed by atoms with E-state index in [0.717, 1.165) is 0 Å². The Morgan fingerprint density at radius 1 is 1.47 bits per heavy atom. The Balaban J connectivity index is 2.33. The molecule has 0 aliphatic rings. The number of para-hydroxylation sites is 1. The quantitative estimate of drug-likeness (QED) is 0.766. The predicted octanol–water partition coefficient (Wildman–Crippen LogP) is 1.48. The predicted molar refractivity (Wildman–Crippen MR) is 61.1 cm³/mol. The third-order valence-electron chi connectivity index (χ3n) is 2.11. The van der Waals surface area contributed by atoms with Crippen LogP contribution in [-0.4, -0.2) is 25.2 Å². The van der Waals surface area contributed by atoms with Gasteiger partial charge >= 0.3 is 5.97 Å². The van der Waals surface area contributed by atoms with Gasteiger partial charge in [0.05, 0.1) is 13.2 Å². The maximum atomic E-state index is 13.1. The van der Waals surface area contributed by atoms with Gasteiger partial charge in [-0.3, -0.25) is 4.79 Å². The van der Waals surface area contributed by atoms with E-state index >= 15 is 0 Å². The molecule has 0 heterocycles. The first kappa shape index (κ1) is 13.4. The minimum atomic E-state index is -0.735. The van der Waals surface area contributed by atoms with E-state index in [1.54, 1.807) is 19.1 Å². The topological polar surface area (TPSA) is 61.5 Å². The van der Waals surface area contributed by atoms with Gasteiger partial charge in [-0.1, -0.05) is 12.1 Å². The van der Waals surface area contributed by atoms with Crippen molar-refractivity contribution in [2.75, 3.05) is 13.2 Å². The Morgan fingerprint density at radius 2 is 2.18 bits per heavy atom. The summed E-state index contributed by atoms with van der Waals surface area (Å²) in [6, 6.07) is 5.34. The molecule has 0 saturated heterocycles. The van der Waals surface area contributed by atoms with E-state index in [-0.39, 0.29) is 18.8 Å². The molecule has 0 aliphatic carbocycles. The molecule has 0 spiro atoms. The number of esters is 1. The van der Waals surface area contributed by atoms with Crippen LogP contribution in [0.5, 0.6) is 5.75 Å². The fourth-order valence-electron chi connectivity index (χ4n) is 1.22. The third-order valence-corrected chi connectivity index (χ3v) is 2.11. The second kappa shape index (κ2) is 6.85. The van der Waals surface area contributed by atoms with Crippen LogP contribution in [-0.2, 0) is 9.53 Å². The molecule has 0 radical (unpaired) electrons. The molecular formula is C12H16FNO3. The van der Waals surface area contributed by atoms with Crippen LogP contribution >= 0.6 is 0 Å². The Morgan fingerprint density at radius 3 is 2.82 bits per heavy atom. The van der Waals surface area contributed by atoms with Gasteiger partial charge in [0.15, 0.2) is 11.6 Å². The molecule has 0 bridgehead atoms. The van der Waals surface area contributed by atoms with Gasteiger partial charge in [0.25, 0.3) is 0 Å². The lowest BCUT2D eigenvalue weighted by Crippen LogP contribution is -2.33. The molecule has 1 rings (SSSR count). The van der Waals surface area contributed by atoms with Crippen molar-refractivity contribution in [2.24, 2.45) is 5.73 Å². The first-order valence-electron chi connectivity index (χ1n) is 5.44. The van der Waals surface area contributed by atoms with Crippen LogP contribution in [0.1, 0.15) is 13.3 Å². The van der Waals surface area contributed by atoms with Crippen LogP contribution in [0.25, 0.3) is 0 Å². The van der Waals surface area contributed by atoms with Crippen molar-refractivity contribution in [3.63, 3.8) is 0 Å². The number of hydrogen-bond acceptors (Lipinski definition) is 4. The number of rotatable bonds is 6. The number of carbonyl (C=O) groups is 1. The van der Waals surface area contributed by atoms with Gasteiger partial charge in [0.1, 0.15) is 6.04 Å². The molecule has 1 atom stereocenters. The minimum Gasteiger partial charge on any atom is -0.490 e. The largest absolute Gasteiger partial charge is 0.490 e. The average Bonchev–Trinajstić information content (AvgIpc) is 2.31. The van der Waals surface area contributed by atoms with E-state index in [9.17, 15) is 9.18 Å². The highest BCUT2D eigenvalue weighted by Crippen LogP contribution is 2.15. The third kappa shape index (κ3) is 4.40. The molecule has 1 aromatic rings. The number of halogens is 1. The number of hydrogen-bond donors (Lipinski definition) is 1. The fraction of sp³-hybridized carbons (Fsp3) is 0.417. The van der Waals surface area contributed by atoms with Crippen LogP contribution < -0.4 is 10.5 Å². The van der Waals surface area contributed by atoms with E-state index in [4.69, 9.17) is 15.2 Å². The summed E-state index contributed by atoms with van der Waals surface area (Å²) in [5.41, 5.74) is 5.56. The molecule has 0 fully saturated rings. The Kier molecular flexibility index (Phi) is 5.42. The lowest BCUT2D eigenvalue weighted by atomic mass is 10.2. The van der Waals surface area contributed by atoms with E-state index < -0.39 is 17.8 Å². The van der Waals surface area contributed by atoms with E-state index in [1.807, 2.05) is 0 Å². The maximum Gasteiger partial charge on any atom is 0.323 e. The SMILES string of the molecule is CCOC(=O)C(N)CCOc1ccccc1F. The van der Waals surface area contributed by atoms with Gasteiger partial charge in [0, 0.05) is 6.42 Å². The van der Waals surface area contributed by atoms with Gasteiger partial charge < -0.3 is 15.2 Å². The summed E-state index contributed by atoms with van der Waals surface area (Å²) in [5, 5.41) is 0. The lowest BCUT2D eigenvalue weighted by molar-refractivity contribution is -0.145. The van der Waals surface area contributed by atoms with Crippen LogP contribution in [0.2, 0.25) is 0 Å². The molecule has 0 aromatic heterocycles. The molecule has 2 N–H and O–H groups in total. The van der Waals surface area contributed by atoms with Crippen LogP contribution in [0.15, 0.2) is 24.3 Å². The molecule has 0 aliphatic heterocycles. The van der Waals surface area contributed by atoms with Crippen molar-refractivity contribution in [3.8, 4) is 5.75 Å². The van der Waals surface area contributed by atoms with Crippen LogP contribution in [0, 0.1) is 5.82 Å². The van der Waals surface area contributed by atoms with Crippen LogP contribution in [0.3, 0.4) is 0 Å². The zero-order valence-corrected chi connectivity index (χ0v) is 9.69. The zero-order chi connectivity index (χ0) is 12.7. The number of ether oxygens (including phenoxy) is 2. The molecule has 94 valence electrons. The summed E-state index contributed by atoms with van der Waals surface area (Å²) in [6.07, 6.45) is 0.285.